The first-order valence-corrected chi connectivity index (χ1v) is 8.40. The van der Waals surface area contributed by atoms with Crippen molar-refractivity contribution >= 4 is 12.0 Å². The molecule has 0 radical (unpaired) electrons. The van der Waals surface area contributed by atoms with Crippen LogP contribution in [0.5, 0.6) is 0 Å². The quantitative estimate of drug-likeness (QED) is 0.798. The minimum Gasteiger partial charge on any atom is -0.337 e. The number of amides is 1. The topological polar surface area (TPSA) is 23.6 Å². The van der Waals surface area contributed by atoms with Gasteiger partial charge in [0.05, 0.1) is 0 Å². The van der Waals surface area contributed by atoms with Crippen molar-refractivity contribution in [3.8, 4) is 0 Å². The van der Waals surface area contributed by atoms with Crippen LogP contribution in [0.3, 0.4) is 0 Å². The Hall–Kier alpha value is -2.13. The molecule has 0 unspecified atom stereocenters. The van der Waals surface area contributed by atoms with Crippen molar-refractivity contribution < 1.29 is 4.79 Å². The van der Waals surface area contributed by atoms with Gasteiger partial charge in [0.15, 0.2) is 0 Å². The highest BCUT2D eigenvalue weighted by molar-refractivity contribution is 5.91. The number of carbonyl (C=O) groups is 1. The van der Waals surface area contributed by atoms with E-state index in [-0.39, 0.29) is 5.91 Å². The molecule has 120 valence electrons. The normalized spacial score (nSPS) is 19.1. The highest BCUT2D eigenvalue weighted by Crippen LogP contribution is 2.14. The van der Waals surface area contributed by atoms with Crippen LogP contribution in [0.1, 0.15) is 18.4 Å². The molecule has 3 nitrogen and oxygen atoms in total. The predicted octanol–water partition coefficient (Wildman–Crippen LogP) is 3.12. The third kappa shape index (κ3) is 4.67. The molecule has 1 amide bonds. The summed E-state index contributed by atoms with van der Waals surface area (Å²) in [6, 6.07) is 9.97. The van der Waals surface area contributed by atoms with E-state index in [2.05, 4.69) is 23.1 Å². The SMILES string of the molecule is O=C(/C=C/c1ccccc1)N1CCN(CC2=CC=CCC2)CC1. The fraction of sp³-hybridized carbons (Fsp3) is 0.350. The van der Waals surface area contributed by atoms with Gasteiger partial charge >= 0.3 is 0 Å². The van der Waals surface area contributed by atoms with Crippen molar-refractivity contribution in [2.75, 3.05) is 32.7 Å². The van der Waals surface area contributed by atoms with Crippen LogP contribution in [0, 0.1) is 0 Å². The molecule has 0 atom stereocenters. The molecule has 1 saturated heterocycles. The van der Waals surface area contributed by atoms with Gasteiger partial charge in [-0.3, -0.25) is 9.69 Å². The van der Waals surface area contributed by atoms with Crippen molar-refractivity contribution in [3.05, 3.63) is 65.8 Å². The Kier molecular flexibility index (Phi) is 5.43. The van der Waals surface area contributed by atoms with Crippen LogP contribution < -0.4 is 0 Å². The number of nitrogens with zero attached hydrogens (tertiary/aromatic N) is 2. The van der Waals surface area contributed by atoms with E-state index in [1.165, 1.54) is 12.0 Å². The third-order valence-corrected chi connectivity index (χ3v) is 4.43. The highest BCUT2D eigenvalue weighted by Gasteiger charge is 2.20. The van der Waals surface area contributed by atoms with E-state index < -0.39 is 0 Å². The molecule has 0 N–H and O–H groups in total. The molecular formula is C20H24N2O. The average Bonchev–Trinajstić information content (AvgIpc) is 2.62. The number of hydrogen-bond donors (Lipinski definition) is 0. The van der Waals surface area contributed by atoms with Crippen molar-refractivity contribution in [1.82, 2.24) is 9.80 Å². The van der Waals surface area contributed by atoms with Crippen molar-refractivity contribution in [3.63, 3.8) is 0 Å². The Bertz CT molecular complexity index is 608. The third-order valence-electron chi connectivity index (χ3n) is 4.43. The molecule has 2 aliphatic rings. The Morgan fingerprint density at radius 3 is 2.57 bits per heavy atom. The molecule has 0 aromatic heterocycles. The summed E-state index contributed by atoms with van der Waals surface area (Å²) < 4.78 is 0. The van der Waals surface area contributed by atoms with Crippen LogP contribution in [-0.4, -0.2) is 48.4 Å². The summed E-state index contributed by atoms with van der Waals surface area (Å²) in [6.45, 7) is 4.62. The summed E-state index contributed by atoms with van der Waals surface area (Å²) in [4.78, 5) is 16.7. The van der Waals surface area contributed by atoms with E-state index in [1.807, 2.05) is 41.3 Å². The zero-order valence-corrected chi connectivity index (χ0v) is 13.5. The lowest BCUT2D eigenvalue weighted by Gasteiger charge is -2.34. The van der Waals surface area contributed by atoms with Crippen LogP contribution in [0.25, 0.3) is 6.08 Å². The Morgan fingerprint density at radius 2 is 1.87 bits per heavy atom. The molecule has 1 heterocycles. The van der Waals surface area contributed by atoms with E-state index >= 15 is 0 Å². The minimum atomic E-state index is 0.119. The molecule has 1 aromatic rings. The van der Waals surface area contributed by atoms with Crippen molar-refractivity contribution in [2.24, 2.45) is 0 Å². The van der Waals surface area contributed by atoms with Gasteiger partial charge in [0, 0.05) is 38.8 Å². The van der Waals surface area contributed by atoms with Crippen LogP contribution in [0.2, 0.25) is 0 Å². The number of piperazine rings is 1. The summed E-state index contributed by atoms with van der Waals surface area (Å²) in [5.41, 5.74) is 2.58. The van der Waals surface area contributed by atoms with Gasteiger partial charge in [0.1, 0.15) is 0 Å². The number of allylic oxidation sites excluding steroid dienone is 3. The highest BCUT2D eigenvalue weighted by atomic mass is 16.2. The maximum atomic E-state index is 12.3. The molecule has 0 saturated carbocycles. The first-order chi connectivity index (χ1) is 11.3. The van der Waals surface area contributed by atoms with E-state index in [1.54, 1.807) is 6.08 Å². The van der Waals surface area contributed by atoms with E-state index in [0.717, 1.165) is 44.7 Å². The molecule has 3 heteroatoms. The number of hydrogen-bond acceptors (Lipinski definition) is 2. The molecule has 3 rings (SSSR count). The summed E-state index contributed by atoms with van der Waals surface area (Å²) in [5, 5.41) is 0. The predicted molar refractivity (Wildman–Crippen MR) is 95.0 cm³/mol. The van der Waals surface area contributed by atoms with Crippen LogP contribution >= 0.6 is 0 Å². The lowest BCUT2D eigenvalue weighted by Crippen LogP contribution is -2.48. The first-order valence-electron chi connectivity index (χ1n) is 8.40. The molecule has 0 spiro atoms. The van der Waals surface area contributed by atoms with E-state index in [4.69, 9.17) is 0 Å². The number of rotatable bonds is 4. The fourth-order valence-corrected chi connectivity index (χ4v) is 3.03. The van der Waals surface area contributed by atoms with Crippen molar-refractivity contribution in [2.45, 2.75) is 12.8 Å². The summed E-state index contributed by atoms with van der Waals surface area (Å²) in [7, 11) is 0. The van der Waals surface area contributed by atoms with Crippen LogP contribution in [0.15, 0.2) is 60.2 Å². The van der Waals surface area contributed by atoms with Crippen LogP contribution in [0.4, 0.5) is 0 Å². The molecule has 0 bridgehead atoms. The molecule has 1 aliphatic heterocycles. The monoisotopic (exact) mass is 308 g/mol. The second kappa shape index (κ2) is 7.93. The Balaban J connectivity index is 1.46. The van der Waals surface area contributed by atoms with E-state index in [0.29, 0.717) is 0 Å². The zero-order valence-electron chi connectivity index (χ0n) is 13.5. The van der Waals surface area contributed by atoms with Crippen molar-refractivity contribution in [1.29, 1.82) is 0 Å². The van der Waals surface area contributed by atoms with Gasteiger partial charge in [-0.15, -0.1) is 0 Å². The second-order valence-electron chi connectivity index (χ2n) is 6.14. The van der Waals surface area contributed by atoms with Gasteiger partial charge in [-0.25, -0.2) is 0 Å². The molecule has 1 aromatic carbocycles. The maximum Gasteiger partial charge on any atom is 0.246 e. The standard InChI is InChI=1S/C20H24N2O/c23-20(12-11-18-7-3-1-4-8-18)22-15-13-21(14-16-22)17-19-9-5-2-6-10-19/h1-5,7-9,11-12H,6,10,13-17H2/b12-11+. The minimum absolute atomic E-state index is 0.119. The van der Waals surface area contributed by atoms with Gasteiger partial charge in [-0.1, -0.05) is 54.1 Å². The number of carbonyl (C=O) groups excluding carboxylic acids is 1. The lowest BCUT2D eigenvalue weighted by atomic mass is 10.0. The van der Waals surface area contributed by atoms with Gasteiger partial charge < -0.3 is 4.90 Å². The lowest BCUT2D eigenvalue weighted by molar-refractivity contribution is -0.127. The Morgan fingerprint density at radius 1 is 1.09 bits per heavy atom. The first kappa shape index (κ1) is 15.8. The largest absolute Gasteiger partial charge is 0.337 e. The van der Waals surface area contributed by atoms with Gasteiger partial charge in [-0.05, 0) is 24.5 Å². The van der Waals surface area contributed by atoms with Gasteiger partial charge in [-0.2, -0.15) is 0 Å². The smallest absolute Gasteiger partial charge is 0.246 e. The van der Waals surface area contributed by atoms with Crippen LogP contribution in [-0.2, 0) is 4.79 Å². The fourth-order valence-electron chi connectivity index (χ4n) is 3.03. The molecule has 1 aliphatic carbocycles. The molecule has 1 fully saturated rings. The summed E-state index contributed by atoms with van der Waals surface area (Å²) in [5.74, 6) is 0.119. The summed E-state index contributed by atoms with van der Waals surface area (Å²) in [6.07, 6.45) is 12.5. The van der Waals surface area contributed by atoms with E-state index in [9.17, 15) is 4.79 Å². The Labute approximate surface area is 138 Å². The van der Waals surface area contributed by atoms with Gasteiger partial charge in [0.2, 0.25) is 5.91 Å². The summed E-state index contributed by atoms with van der Waals surface area (Å²) >= 11 is 0. The average molecular weight is 308 g/mol. The second-order valence-corrected chi connectivity index (χ2v) is 6.14. The molecular weight excluding hydrogens is 284 g/mol. The maximum absolute atomic E-state index is 12.3. The number of benzene rings is 1. The zero-order chi connectivity index (χ0) is 15.9. The van der Waals surface area contributed by atoms with Gasteiger partial charge in [0.25, 0.3) is 0 Å². The molecule has 23 heavy (non-hydrogen) atoms.